The van der Waals surface area contributed by atoms with E-state index in [4.69, 9.17) is 9.47 Å². The van der Waals surface area contributed by atoms with Crippen molar-refractivity contribution < 1.29 is 29.0 Å². The van der Waals surface area contributed by atoms with E-state index >= 15 is 0 Å². The first-order chi connectivity index (χ1) is 20.0. The molecular weight excluding hydrogens is 540 g/mol. The van der Waals surface area contributed by atoms with Crippen LogP contribution < -0.4 is 0 Å². The lowest BCUT2D eigenvalue weighted by atomic mass is 9.33. The van der Waals surface area contributed by atoms with Crippen LogP contribution in [0.1, 0.15) is 138 Å². The molecule has 1 N–H and O–H groups in total. The van der Waals surface area contributed by atoms with Gasteiger partial charge in [0.15, 0.2) is 0 Å². The minimum atomic E-state index is -0.603. The van der Waals surface area contributed by atoms with Gasteiger partial charge in [-0.1, -0.05) is 60.1 Å². The van der Waals surface area contributed by atoms with Crippen molar-refractivity contribution in [2.45, 2.75) is 144 Å². The van der Waals surface area contributed by atoms with Crippen molar-refractivity contribution in [3.05, 3.63) is 11.6 Å². The number of esters is 2. The van der Waals surface area contributed by atoms with Crippen molar-refractivity contribution in [2.75, 3.05) is 7.11 Å². The molecule has 6 heteroatoms. The summed E-state index contributed by atoms with van der Waals surface area (Å²) < 4.78 is 10.9. The van der Waals surface area contributed by atoms with E-state index in [9.17, 15) is 19.5 Å². The molecule has 4 fully saturated rings. The third-order valence-electron chi connectivity index (χ3n) is 14.5. The molecule has 5 aliphatic carbocycles. The van der Waals surface area contributed by atoms with Gasteiger partial charge in [-0.3, -0.25) is 14.4 Å². The number of aliphatic carboxylic acids is 1. The number of carbonyl (C=O) groups excluding carboxylic acids is 2. The normalized spacial score (nSPS) is 42.7. The third-order valence-corrected chi connectivity index (χ3v) is 14.5. The van der Waals surface area contributed by atoms with Gasteiger partial charge in [-0.2, -0.15) is 0 Å². The average Bonchev–Trinajstić information content (AvgIpc) is 2.92. The highest BCUT2D eigenvalue weighted by Crippen LogP contribution is 2.75. The molecule has 1 unspecified atom stereocenters. The van der Waals surface area contributed by atoms with Gasteiger partial charge in [0.05, 0.1) is 12.5 Å². The number of carboxylic acids is 1. The summed E-state index contributed by atoms with van der Waals surface area (Å²) >= 11 is 0. The lowest BCUT2D eigenvalue weighted by Gasteiger charge is -2.71. The van der Waals surface area contributed by atoms with Gasteiger partial charge in [-0.25, -0.2) is 0 Å². The Hall–Kier alpha value is -1.85. The van der Waals surface area contributed by atoms with Crippen molar-refractivity contribution >= 4 is 17.9 Å². The molecule has 0 bridgehead atoms. The van der Waals surface area contributed by atoms with Crippen LogP contribution in [0.2, 0.25) is 0 Å². The molecule has 242 valence electrons. The fourth-order valence-corrected chi connectivity index (χ4v) is 11.7. The van der Waals surface area contributed by atoms with Crippen LogP contribution in [-0.2, 0) is 23.9 Å². The summed E-state index contributed by atoms with van der Waals surface area (Å²) in [6.45, 7) is 16.9. The number of hydrogen-bond donors (Lipinski definition) is 1. The van der Waals surface area contributed by atoms with Gasteiger partial charge in [0.25, 0.3) is 0 Å². The number of rotatable bonds is 7. The molecule has 43 heavy (non-hydrogen) atoms. The van der Waals surface area contributed by atoms with Crippen LogP contribution in [0.4, 0.5) is 0 Å². The Morgan fingerprint density at radius 2 is 1.49 bits per heavy atom. The first-order valence-electron chi connectivity index (χ1n) is 17.2. The number of allylic oxidation sites excluding steroid dienone is 2. The number of fused-ring (bicyclic) bond motifs is 7. The quantitative estimate of drug-likeness (QED) is 0.179. The minimum absolute atomic E-state index is 0.0125. The summed E-state index contributed by atoms with van der Waals surface area (Å²) in [7, 11) is 1.39. The number of hydrogen-bond acceptors (Lipinski definition) is 5. The van der Waals surface area contributed by atoms with Crippen molar-refractivity contribution in [1.29, 1.82) is 0 Å². The van der Waals surface area contributed by atoms with Gasteiger partial charge in [-0.05, 0) is 116 Å². The van der Waals surface area contributed by atoms with Crippen LogP contribution in [-0.4, -0.2) is 36.2 Å². The van der Waals surface area contributed by atoms with Crippen molar-refractivity contribution in [1.82, 2.24) is 0 Å². The Morgan fingerprint density at radius 1 is 0.837 bits per heavy atom. The third kappa shape index (κ3) is 5.00. The summed E-state index contributed by atoms with van der Waals surface area (Å²) in [6.07, 6.45) is 14.1. The molecule has 4 saturated carbocycles. The fraction of sp³-hybridized carbons (Fsp3) is 0.865. The second-order valence-electron chi connectivity index (χ2n) is 17.3. The summed E-state index contributed by atoms with van der Waals surface area (Å²) in [5.41, 5.74) is 1.19. The molecule has 5 rings (SSSR count). The molecule has 0 aromatic heterocycles. The van der Waals surface area contributed by atoms with E-state index in [0.717, 1.165) is 64.2 Å². The largest absolute Gasteiger partial charge is 0.481 e. The van der Waals surface area contributed by atoms with Gasteiger partial charge in [0, 0.05) is 18.3 Å². The SMILES string of the molecule is COC(=O)CCCCC(=O)OC1CC[C@]2(C)[C@H]3CC=C4[C@@H]5CC(C)(C)CC[C@]5(C(=O)O)CC[C@@]4(C)[C@]3(C)CC[C@H]2C1(C)C. The van der Waals surface area contributed by atoms with Crippen LogP contribution in [0.15, 0.2) is 11.6 Å². The molecule has 0 radical (unpaired) electrons. The lowest BCUT2D eigenvalue weighted by molar-refractivity contribution is -0.214. The molecule has 0 amide bonds. The van der Waals surface area contributed by atoms with Crippen LogP contribution in [0, 0.1) is 50.2 Å². The predicted octanol–water partition coefficient (Wildman–Crippen LogP) is 8.52. The van der Waals surface area contributed by atoms with E-state index in [1.165, 1.54) is 12.7 Å². The molecule has 0 aromatic rings. The highest BCUT2D eigenvalue weighted by molar-refractivity contribution is 5.76. The number of ether oxygens (including phenoxy) is 2. The maximum absolute atomic E-state index is 12.9. The number of carboxylic acid groups (broad SMARTS) is 1. The second kappa shape index (κ2) is 10.9. The van der Waals surface area contributed by atoms with Crippen LogP contribution in [0.5, 0.6) is 0 Å². The molecule has 6 nitrogen and oxygen atoms in total. The maximum atomic E-state index is 12.9. The minimum Gasteiger partial charge on any atom is -0.481 e. The van der Waals surface area contributed by atoms with Crippen molar-refractivity contribution in [3.63, 3.8) is 0 Å². The standard InChI is InChI=1S/C37H58O6/c1-32(2)19-21-37(31(40)41)22-20-35(6)24(25(37)23-32)13-14-27-34(5)17-16-28(33(3,4)26(34)15-18-36(27,35)7)43-30(39)12-10-9-11-29(38)42-8/h13,25-28H,9-12,14-23H2,1-8H3,(H,40,41)/t25-,26-,27+,28?,34-,35+,36+,37-/m0/s1. The van der Waals surface area contributed by atoms with E-state index in [1.54, 1.807) is 0 Å². The first-order valence-corrected chi connectivity index (χ1v) is 17.2. The Morgan fingerprint density at radius 3 is 2.14 bits per heavy atom. The average molecular weight is 599 g/mol. The monoisotopic (exact) mass is 598 g/mol. The number of carbonyl (C=O) groups is 3. The molecule has 8 atom stereocenters. The Labute approximate surface area is 260 Å². The van der Waals surface area contributed by atoms with Crippen LogP contribution in [0.25, 0.3) is 0 Å². The summed E-state index contributed by atoms with van der Waals surface area (Å²) in [5, 5.41) is 10.6. The highest BCUT2D eigenvalue weighted by atomic mass is 16.5. The summed E-state index contributed by atoms with van der Waals surface area (Å²) in [5.74, 6) is 0.158. The van der Waals surface area contributed by atoms with Gasteiger partial charge >= 0.3 is 17.9 Å². The molecule has 0 spiro atoms. The zero-order valence-electron chi connectivity index (χ0n) is 28.3. The van der Waals surface area contributed by atoms with Crippen molar-refractivity contribution in [2.24, 2.45) is 50.2 Å². The molecule has 0 saturated heterocycles. The summed E-state index contributed by atoms with van der Waals surface area (Å²) in [4.78, 5) is 37.2. The van der Waals surface area contributed by atoms with Crippen LogP contribution in [0.3, 0.4) is 0 Å². The fourth-order valence-electron chi connectivity index (χ4n) is 11.7. The highest BCUT2D eigenvalue weighted by Gasteiger charge is 2.69. The zero-order chi connectivity index (χ0) is 31.6. The molecule has 0 heterocycles. The Bertz CT molecular complexity index is 1170. The van der Waals surface area contributed by atoms with Gasteiger partial charge < -0.3 is 14.6 Å². The molecule has 0 aromatic carbocycles. The molecular formula is C37H58O6. The van der Waals surface area contributed by atoms with E-state index in [0.29, 0.717) is 37.5 Å². The van der Waals surface area contributed by atoms with E-state index in [2.05, 4.69) is 54.5 Å². The molecule has 5 aliphatic rings. The van der Waals surface area contributed by atoms with Gasteiger partial charge in [-0.15, -0.1) is 0 Å². The Kier molecular flexibility index (Phi) is 8.25. The van der Waals surface area contributed by atoms with E-state index < -0.39 is 11.4 Å². The topological polar surface area (TPSA) is 89.9 Å². The van der Waals surface area contributed by atoms with Gasteiger partial charge in [0.1, 0.15) is 6.10 Å². The summed E-state index contributed by atoms with van der Waals surface area (Å²) in [6, 6.07) is 0. The molecule has 0 aliphatic heterocycles. The van der Waals surface area contributed by atoms with E-state index in [1.807, 2.05) is 0 Å². The van der Waals surface area contributed by atoms with E-state index in [-0.39, 0.29) is 51.0 Å². The predicted molar refractivity (Wildman–Crippen MR) is 167 cm³/mol. The number of methoxy groups -OCH3 is 1. The second-order valence-corrected chi connectivity index (χ2v) is 17.3. The van der Waals surface area contributed by atoms with Crippen molar-refractivity contribution in [3.8, 4) is 0 Å². The first kappa shape index (κ1) is 32.5. The van der Waals surface area contributed by atoms with Gasteiger partial charge in [0.2, 0.25) is 0 Å². The smallest absolute Gasteiger partial charge is 0.310 e. The zero-order valence-corrected chi connectivity index (χ0v) is 28.3. The maximum Gasteiger partial charge on any atom is 0.310 e. The number of unbranched alkanes of at least 4 members (excludes halogenated alkanes) is 1. The van der Waals surface area contributed by atoms with Crippen LogP contribution >= 0.6 is 0 Å². The lowest BCUT2D eigenvalue weighted by Crippen LogP contribution is -2.65. The Balaban J connectivity index is 1.37.